The molecule has 1 amide bonds. The number of aromatic nitrogens is 4. The summed E-state index contributed by atoms with van der Waals surface area (Å²) in [6.07, 6.45) is 4.74. The molecule has 2 atom stereocenters. The second-order valence-electron chi connectivity index (χ2n) is 5.75. The zero-order chi connectivity index (χ0) is 13.9. The van der Waals surface area contributed by atoms with Gasteiger partial charge in [-0.1, -0.05) is 5.21 Å². The zero-order valence-electron chi connectivity index (χ0n) is 12.0. The van der Waals surface area contributed by atoms with Crippen molar-refractivity contribution < 1.29 is 4.79 Å². The van der Waals surface area contributed by atoms with E-state index in [9.17, 15) is 4.79 Å². The summed E-state index contributed by atoms with van der Waals surface area (Å²) in [5, 5.41) is 13.7. The molecule has 1 N–H and O–H groups in total. The van der Waals surface area contributed by atoms with Crippen molar-refractivity contribution in [2.24, 2.45) is 0 Å². The molecule has 0 aliphatic carbocycles. The summed E-state index contributed by atoms with van der Waals surface area (Å²) in [5.74, 6) is 0.824. The predicted octanol–water partition coefficient (Wildman–Crippen LogP) is 0.218. The first kappa shape index (κ1) is 13.5. The first-order chi connectivity index (χ1) is 9.75. The van der Waals surface area contributed by atoms with Gasteiger partial charge in [-0.25, -0.2) is 0 Å². The fraction of sp³-hybridized carbons (Fsp3) is 0.846. The fourth-order valence-corrected chi connectivity index (χ4v) is 3.49. The summed E-state index contributed by atoms with van der Waals surface area (Å²) in [6.45, 7) is 5.45. The van der Waals surface area contributed by atoms with Gasteiger partial charge >= 0.3 is 0 Å². The number of aryl methyl sites for hydroxylation is 1. The van der Waals surface area contributed by atoms with E-state index in [1.807, 2.05) is 4.90 Å². The Morgan fingerprint density at radius 3 is 2.85 bits per heavy atom. The van der Waals surface area contributed by atoms with Crippen LogP contribution in [0.1, 0.15) is 38.4 Å². The van der Waals surface area contributed by atoms with Crippen LogP contribution >= 0.6 is 0 Å². The summed E-state index contributed by atoms with van der Waals surface area (Å²) in [5.41, 5.74) is 0. The minimum Gasteiger partial charge on any atom is -0.338 e. The summed E-state index contributed by atoms with van der Waals surface area (Å²) in [7, 11) is 0. The summed E-state index contributed by atoms with van der Waals surface area (Å²) in [6, 6.07) is 0.873. The van der Waals surface area contributed by atoms with E-state index < -0.39 is 0 Å². The van der Waals surface area contributed by atoms with Crippen molar-refractivity contribution in [2.45, 2.75) is 51.1 Å². The van der Waals surface area contributed by atoms with Gasteiger partial charge in [-0.2, -0.15) is 5.21 Å². The van der Waals surface area contributed by atoms with Crippen LogP contribution in [0, 0.1) is 0 Å². The molecule has 0 aromatic carbocycles. The SMILES string of the molecule is CC1C(N2CCCC2)CCN1C(=O)CCc1nn[nH]n1. The number of carbonyl (C=O) groups excluding carboxylic acids is 1. The Labute approximate surface area is 118 Å². The number of hydrogen-bond donors (Lipinski definition) is 1. The molecule has 1 aromatic rings. The molecule has 2 fully saturated rings. The number of amides is 1. The van der Waals surface area contributed by atoms with Crippen molar-refractivity contribution in [3.63, 3.8) is 0 Å². The van der Waals surface area contributed by atoms with Crippen LogP contribution in [0.3, 0.4) is 0 Å². The highest BCUT2D eigenvalue weighted by Gasteiger charge is 2.37. The lowest BCUT2D eigenvalue weighted by molar-refractivity contribution is -0.132. The van der Waals surface area contributed by atoms with Gasteiger partial charge in [-0.05, 0) is 39.3 Å². The first-order valence-electron chi connectivity index (χ1n) is 7.51. The number of rotatable bonds is 4. The number of hydrogen-bond acceptors (Lipinski definition) is 5. The average molecular weight is 278 g/mol. The number of H-pyrrole nitrogens is 1. The van der Waals surface area contributed by atoms with Gasteiger partial charge in [-0.15, -0.1) is 10.2 Å². The minimum atomic E-state index is 0.212. The lowest BCUT2D eigenvalue weighted by Gasteiger charge is -2.30. The van der Waals surface area contributed by atoms with Crippen molar-refractivity contribution in [3.8, 4) is 0 Å². The summed E-state index contributed by atoms with van der Waals surface area (Å²) in [4.78, 5) is 16.9. The van der Waals surface area contributed by atoms with Crippen LogP contribution in [-0.2, 0) is 11.2 Å². The molecule has 3 heterocycles. The van der Waals surface area contributed by atoms with Crippen LogP contribution in [0.2, 0.25) is 0 Å². The number of tetrazole rings is 1. The highest BCUT2D eigenvalue weighted by atomic mass is 16.2. The van der Waals surface area contributed by atoms with Gasteiger partial charge in [0.15, 0.2) is 5.82 Å². The van der Waals surface area contributed by atoms with Crippen molar-refractivity contribution in [1.29, 1.82) is 0 Å². The quantitative estimate of drug-likeness (QED) is 0.852. The van der Waals surface area contributed by atoms with Crippen LogP contribution in [0.4, 0.5) is 0 Å². The largest absolute Gasteiger partial charge is 0.338 e. The Balaban J connectivity index is 1.53. The van der Waals surface area contributed by atoms with E-state index in [1.54, 1.807) is 0 Å². The molecule has 7 nitrogen and oxygen atoms in total. The number of likely N-dealkylation sites (tertiary alicyclic amines) is 2. The molecule has 1 aromatic heterocycles. The molecule has 2 aliphatic heterocycles. The number of nitrogens with zero attached hydrogens (tertiary/aromatic N) is 5. The number of aromatic amines is 1. The van der Waals surface area contributed by atoms with E-state index in [4.69, 9.17) is 0 Å². The van der Waals surface area contributed by atoms with Gasteiger partial charge in [0.1, 0.15) is 0 Å². The van der Waals surface area contributed by atoms with Gasteiger partial charge in [0.2, 0.25) is 5.91 Å². The molecule has 0 radical (unpaired) electrons. The molecular formula is C13H22N6O. The number of carbonyl (C=O) groups is 1. The average Bonchev–Trinajstić information content (AvgIpc) is 3.17. The fourth-order valence-electron chi connectivity index (χ4n) is 3.49. The Bertz CT molecular complexity index is 442. The highest BCUT2D eigenvalue weighted by Crippen LogP contribution is 2.26. The second-order valence-corrected chi connectivity index (χ2v) is 5.75. The third kappa shape index (κ3) is 2.67. The van der Waals surface area contributed by atoms with E-state index in [0.717, 1.165) is 13.0 Å². The Hall–Kier alpha value is -1.50. The Morgan fingerprint density at radius 2 is 2.15 bits per heavy atom. The molecule has 0 bridgehead atoms. The standard InChI is InChI=1S/C13H22N6O/c1-10-11(18-7-2-3-8-18)6-9-19(10)13(20)5-4-12-14-16-17-15-12/h10-11H,2-9H2,1H3,(H,14,15,16,17). The van der Waals surface area contributed by atoms with Gasteiger partial charge in [-0.3, -0.25) is 9.69 Å². The first-order valence-corrected chi connectivity index (χ1v) is 7.51. The van der Waals surface area contributed by atoms with Gasteiger partial charge < -0.3 is 4.90 Å². The molecule has 2 aliphatic rings. The maximum absolute atomic E-state index is 12.3. The normalized spacial score (nSPS) is 27.4. The van der Waals surface area contributed by atoms with Crippen molar-refractivity contribution in [2.75, 3.05) is 19.6 Å². The van der Waals surface area contributed by atoms with E-state index in [2.05, 4.69) is 32.4 Å². The number of nitrogens with one attached hydrogen (secondary N) is 1. The maximum Gasteiger partial charge on any atom is 0.223 e. The summed E-state index contributed by atoms with van der Waals surface area (Å²) >= 11 is 0. The molecule has 0 saturated carbocycles. The molecule has 3 rings (SSSR count). The van der Waals surface area contributed by atoms with Crippen molar-refractivity contribution >= 4 is 5.91 Å². The lowest BCUT2D eigenvalue weighted by Crippen LogP contribution is -2.44. The van der Waals surface area contributed by atoms with E-state index in [-0.39, 0.29) is 5.91 Å². The molecule has 20 heavy (non-hydrogen) atoms. The molecular weight excluding hydrogens is 256 g/mol. The lowest BCUT2D eigenvalue weighted by atomic mass is 10.1. The molecule has 2 saturated heterocycles. The summed E-state index contributed by atoms with van der Waals surface area (Å²) < 4.78 is 0. The Morgan fingerprint density at radius 1 is 1.35 bits per heavy atom. The van der Waals surface area contributed by atoms with Crippen LogP contribution in [-0.4, -0.2) is 68.0 Å². The minimum absolute atomic E-state index is 0.212. The third-order valence-corrected chi connectivity index (χ3v) is 4.60. The van der Waals surface area contributed by atoms with Crippen molar-refractivity contribution in [1.82, 2.24) is 30.4 Å². The maximum atomic E-state index is 12.3. The van der Waals surface area contributed by atoms with Crippen LogP contribution in [0.5, 0.6) is 0 Å². The predicted molar refractivity (Wildman–Crippen MR) is 72.9 cm³/mol. The topological polar surface area (TPSA) is 78.0 Å². The smallest absolute Gasteiger partial charge is 0.223 e. The molecule has 2 unspecified atom stereocenters. The monoisotopic (exact) mass is 278 g/mol. The molecule has 7 heteroatoms. The molecule has 0 spiro atoms. The van der Waals surface area contributed by atoms with Crippen LogP contribution in [0.25, 0.3) is 0 Å². The van der Waals surface area contributed by atoms with E-state index in [0.29, 0.717) is 30.7 Å². The van der Waals surface area contributed by atoms with Crippen LogP contribution < -0.4 is 0 Å². The van der Waals surface area contributed by atoms with Crippen molar-refractivity contribution in [3.05, 3.63) is 5.82 Å². The molecule has 110 valence electrons. The van der Waals surface area contributed by atoms with Gasteiger partial charge in [0.25, 0.3) is 0 Å². The zero-order valence-corrected chi connectivity index (χ0v) is 12.0. The van der Waals surface area contributed by atoms with E-state index >= 15 is 0 Å². The highest BCUT2D eigenvalue weighted by molar-refractivity contribution is 5.77. The second kappa shape index (κ2) is 5.87. The third-order valence-electron chi connectivity index (χ3n) is 4.60. The van der Waals surface area contributed by atoms with Gasteiger partial charge in [0.05, 0.1) is 0 Å². The van der Waals surface area contributed by atoms with Gasteiger partial charge in [0, 0.05) is 31.5 Å². The van der Waals surface area contributed by atoms with E-state index in [1.165, 1.54) is 25.9 Å². The Kier molecular flexibility index (Phi) is 3.95. The van der Waals surface area contributed by atoms with Crippen LogP contribution in [0.15, 0.2) is 0 Å².